The van der Waals surface area contributed by atoms with Gasteiger partial charge in [-0.05, 0) is 50.3 Å². The predicted molar refractivity (Wildman–Crippen MR) is 61.8 cm³/mol. The van der Waals surface area contributed by atoms with Crippen molar-refractivity contribution in [2.24, 2.45) is 16.8 Å². The zero-order chi connectivity index (χ0) is 10.1. The van der Waals surface area contributed by atoms with Gasteiger partial charge >= 0.3 is 0 Å². The Labute approximate surface area is 91.3 Å². The monoisotopic (exact) mass is 205 g/mol. The van der Waals surface area contributed by atoms with Crippen LogP contribution in [0.5, 0.6) is 0 Å². The topological polar surface area (TPSA) is 27.6 Å². The van der Waals surface area contributed by atoms with Gasteiger partial charge in [-0.1, -0.05) is 0 Å². The van der Waals surface area contributed by atoms with Crippen LogP contribution < -0.4 is 5.32 Å². The summed E-state index contributed by atoms with van der Waals surface area (Å²) in [7, 11) is 0. The Morgan fingerprint density at radius 2 is 2.40 bits per heavy atom. The molecule has 2 atom stereocenters. The fraction of sp³-hybridized carbons (Fsp3) is 0.750. The molecule has 1 unspecified atom stereocenters. The fourth-order valence-corrected chi connectivity index (χ4v) is 2.96. The van der Waals surface area contributed by atoms with Crippen molar-refractivity contribution < 1.29 is 0 Å². The van der Waals surface area contributed by atoms with Crippen molar-refractivity contribution in [1.82, 2.24) is 10.2 Å². The molecule has 0 aliphatic carbocycles. The molecule has 0 aromatic carbocycles. The molecule has 3 rings (SSSR count). The Morgan fingerprint density at radius 1 is 1.40 bits per heavy atom. The molecule has 0 saturated carbocycles. The van der Waals surface area contributed by atoms with Gasteiger partial charge in [0, 0.05) is 12.8 Å². The normalized spacial score (nSPS) is 35.2. The van der Waals surface area contributed by atoms with E-state index < -0.39 is 0 Å². The number of piperidine rings is 1. The van der Waals surface area contributed by atoms with Crippen LogP contribution >= 0.6 is 0 Å². The Balaban J connectivity index is 1.71. The minimum Gasteiger partial charge on any atom is -0.352 e. The minimum absolute atomic E-state index is 0.763. The van der Waals surface area contributed by atoms with Gasteiger partial charge in [-0.25, -0.2) is 4.99 Å². The van der Waals surface area contributed by atoms with Crippen LogP contribution in [-0.4, -0.2) is 37.3 Å². The molecular formula is C12H19N3. The SMILES string of the molecule is C1=NC2=C[C@@H](C3CCCNC3)CCN2C1. The van der Waals surface area contributed by atoms with Crippen molar-refractivity contribution in [1.29, 1.82) is 0 Å². The third kappa shape index (κ3) is 1.81. The molecule has 1 N–H and O–H groups in total. The Hall–Kier alpha value is -0.830. The smallest absolute Gasteiger partial charge is 0.124 e. The van der Waals surface area contributed by atoms with Gasteiger partial charge in [0.1, 0.15) is 5.82 Å². The summed E-state index contributed by atoms with van der Waals surface area (Å²) < 4.78 is 0. The molecule has 3 nitrogen and oxygen atoms in total. The zero-order valence-corrected chi connectivity index (χ0v) is 9.15. The van der Waals surface area contributed by atoms with Crippen molar-refractivity contribution in [3.05, 3.63) is 11.9 Å². The van der Waals surface area contributed by atoms with E-state index in [1.165, 1.54) is 44.7 Å². The van der Waals surface area contributed by atoms with Crippen LogP contribution in [0.2, 0.25) is 0 Å². The average molecular weight is 205 g/mol. The van der Waals surface area contributed by atoms with Crippen LogP contribution in [0, 0.1) is 11.8 Å². The highest BCUT2D eigenvalue weighted by Gasteiger charge is 2.28. The summed E-state index contributed by atoms with van der Waals surface area (Å²) in [6, 6.07) is 0. The lowest BCUT2D eigenvalue weighted by atomic mass is 9.82. The highest BCUT2D eigenvalue weighted by atomic mass is 15.3. The standard InChI is InChI=1S/C12H19N3/c1-2-11(9-13-4-1)10-3-6-15-7-5-14-12(15)8-10/h5,8,10-11,13H,1-4,6-7,9H2/t10-,11?/m0/s1. The maximum Gasteiger partial charge on any atom is 0.124 e. The number of rotatable bonds is 1. The van der Waals surface area contributed by atoms with Gasteiger partial charge in [0.05, 0.1) is 6.54 Å². The molecule has 0 aromatic rings. The second-order valence-electron chi connectivity index (χ2n) is 4.84. The van der Waals surface area contributed by atoms with E-state index in [-0.39, 0.29) is 0 Å². The zero-order valence-electron chi connectivity index (χ0n) is 9.15. The number of fused-ring (bicyclic) bond motifs is 1. The maximum atomic E-state index is 4.44. The van der Waals surface area contributed by atoms with Gasteiger partial charge < -0.3 is 10.2 Å². The molecule has 0 bridgehead atoms. The summed E-state index contributed by atoms with van der Waals surface area (Å²) >= 11 is 0. The molecule has 3 heterocycles. The van der Waals surface area contributed by atoms with E-state index in [4.69, 9.17) is 0 Å². The van der Waals surface area contributed by atoms with E-state index in [0.717, 1.165) is 18.4 Å². The summed E-state index contributed by atoms with van der Waals surface area (Å²) in [5.74, 6) is 2.85. The lowest BCUT2D eigenvalue weighted by Crippen LogP contribution is -2.37. The van der Waals surface area contributed by atoms with Crippen molar-refractivity contribution >= 4 is 6.21 Å². The number of nitrogens with one attached hydrogen (secondary N) is 1. The summed E-state index contributed by atoms with van der Waals surface area (Å²) in [4.78, 5) is 6.83. The van der Waals surface area contributed by atoms with Gasteiger partial charge in [-0.2, -0.15) is 0 Å². The van der Waals surface area contributed by atoms with Crippen LogP contribution in [-0.2, 0) is 0 Å². The fourth-order valence-electron chi connectivity index (χ4n) is 2.96. The van der Waals surface area contributed by atoms with Gasteiger partial charge in [-0.15, -0.1) is 0 Å². The number of aliphatic imine (C=N–C) groups is 1. The van der Waals surface area contributed by atoms with Gasteiger partial charge in [0.15, 0.2) is 0 Å². The van der Waals surface area contributed by atoms with Crippen LogP contribution in [0.4, 0.5) is 0 Å². The second-order valence-corrected chi connectivity index (χ2v) is 4.84. The first kappa shape index (κ1) is 9.40. The van der Waals surface area contributed by atoms with Crippen molar-refractivity contribution in [2.45, 2.75) is 19.3 Å². The molecule has 0 aromatic heterocycles. The summed E-state index contributed by atoms with van der Waals surface area (Å²) in [5, 5.41) is 3.51. The average Bonchev–Trinajstić information content (AvgIpc) is 2.77. The molecule has 0 spiro atoms. The summed E-state index contributed by atoms with van der Waals surface area (Å²) in [6.45, 7) is 4.65. The predicted octanol–water partition coefficient (Wildman–Crippen LogP) is 1.23. The number of nitrogens with zero attached hydrogens (tertiary/aromatic N) is 2. The van der Waals surface area contributed by atoms with Crippen molar-refractivity contribution in [3.8, 4) is 0 Å². The Morgan fingerprint density at radius 3 is 3.27 bits per heavy atom. The van der Waals surface area contributed by atoms with E-state index in [0.29, 0.717) is 0 Å². The lowest BCUT2D eigenvalue weighted by Gasteiger charge is -2.34. The molecule has 3 aliphatic rings. The summed E-state index contributed by atoms with van der Waals surface area (Å²) in [6.07, 6.45) is 8.50. The van der Waals surface area contributed by atoms with Crippen LogP contribution in [0.15, 0.2) is 16.9 Å². The first-order valence-corrected chi connectivity index (χ1v) is 6.13. The second kappa shape index (κ2) is 3.97. The molecule has 3 aliphatic heterocycles. The Kier molecular flexibility index (Phi) is 2.49. The summed E-state index contributed by atoms with van der Waals surface area (Å²) in [5.41, 5.74) is 0. The number of hydrogen-bond acceptors (Lipinski definition) is 3. The highest BCUT2D eigenvalue weighted by Crippen LogP contribution is 2.31. The molecule has 0 amide bonds. The number of allylic oxidation sites excluding steroid dienone is 1. The van der Waals surface area contributed by atoms with Gasteiger partial charge in [-0.3, -0.25) is 0 Å². The quantitative estimate of drug-likeness (QED) is 0.697. The van der Waals surface area contributed by atoms with Gasteiger partial charge in [0.2, 0.25) is 0 Å². The third-order valence-electron chi connectivity index (χ3n) is 3.89. The van der Waals surface area contributed by atoms with Crippen LogP contribution in [0.25, 0.3) is 0 Å². The molecule has 3 heteroatoms. The molecule has 15 heavy (non-hydrogen) atoms. The highest BCUT2D eigenvalue weighted by molar-refractivity contribution is 5.64. The van der Waals surface area contributed by atoms with Crippen LogP contribution in [0.3, 0.4) is 0 Å². The van der Waals surface area contributed by atoms with E-state index in [9.17, 15) is 0 Å². The molecule has 1 fully saturated rings. The van der Waals surface area contributed by atoms with Crippen molar-refractivity contribution in [2.75, 3.05) is 26.2 Å². The molecule has 1 saturated heterocycles. The molecule has 0 radical (unpaired) electrons. The first-order chi connectivity index (χ1) is 7.43. The van der Waals surface area contributed by atoms with Crippen LogP contribution in [0.1, 0.15) is 19.3 Å². The van der Waals surface area contributed by atoms with Crippen molar-refractivity contribution in [3.63, 3.8) is 0 Å². The van der Waals surface area contributed by atoms with E-state index in [1.54, 1.807) is 0 Å². The van der Waals surface area contributed by atoms with E-state index in [2.05, 4.69) is 21.3 Å². The maximum absolute atomic E-state index is 4.44. The molecule has 82 valence electrons. The van der Waals surface area contributed by atoms with Gasteiger partial charge in [0.25, 0.3) is 0 Å². The Bertz CT molecular complexity index is 289. The molecular weight excluding hydrogens is 186 g/mol. The minimum atomic E-state index is 0.763. The largest absolute Gasteiger partial charge is 0.352 e. The third-order valence-corrected chi connectivity index (χ3v) is 3.89. The van der Waals surface area contributed by atoms with E-state index in [1.807, 2.05) is 6.21 Å². The lowest BCUT2D eigenvalue weighted by molar-refractivity contribution is 0.244. The number of hydrogen-bond donors (Lipinski definition) is 1. The first-order valence-electron chi connectivity index (χ1n) is 6.13. The van der Waals surface area contributed by atoms with E-state index >= 15 is 0 Å².